The molecule has 0 aliphatic heterocycles. The minimum Gasteiger partial charge on any atom is -0.276 e. The van der Waals surface area contributed by atoms with E-state index in [9.17, 15) is 21.6 Å². The van der Waals surface area contributed by atoms with Crippen molar-refractivity contribution in [3.63, 3.8) is 0 Å². The second-order valence-electron chi connectivity index (χ2n) is 2.56. The Bertz CT molecular complexity index is 440. The van der Waals surface area contributed by atoms with E-state index in [1.807, 2.05) is 22.6 Å². The van der Waals surface area contributed by atoms with Gasteiger partial charge in [-0.3, -0.25) is 4.72 Å². The standard InChI is InChI=1S/C7H5F3INO2S/c8-7(9,10)15(13,14)12-6-3-1-5(11)2-4-6/h1-4,12H. The Hall–Kier alpha value is -0.510. The number of benzene rings is 1. The molecule has 84 valence electrons. The van der Waals surface area contributed by atoms with Crippen molar-refractivity contribution in [3.8, 4) is 0 Å². The van der Waals surface area contributed by atoms with Crippen LogP contribution >= 0.6 is 22.6 Å². The van der Waals surface area contributed by atoms with Gasteiger partial charge < -0.3 is 0 Å². The summed E-state index contributed by atoms with van der Waals surface area (Å²) in [6.07, 6.45) is 0. The molecule has 0 aromatic heterocycles. The molecule has 1 N–H and O–H groups in total. The highest BCUT2D eigenvalue weighted by Gasteiger charge is 2.45. The zero-order valence-corrected chi connectivity index (χ0v) is 10.0. The molecule has 0 heterocycles. The first kappa shape index (κ1) is 12.6. The molecule has 15 heavy (non-hydrogen) atoms. The fourth-order valence-corrected chi connectivity index (χ4v) is 1.65. The first-order valence-corrected chi connectivity index (χ1v) is 6.13. The van der Waals surface area contributed by atoms with Gasteiger partial charge >= 0.3 is 15.5 Å². The minimum atomic E-state index is -5.32. The van der Waals surface area contributed by atoms with Gasteiger partial charge in [0.2, 0.25) is 0 Å². The molecule has 1 rings (SSSR count). The summed E-state index contributed by atoms with van der Waals surface area (Å²) in [6, 6.07) is 5.50. The number of sulfonamides is 1. The third-order valence-electron chi connectivity index (χ3n) is 1.40. The van der Waals surface area contributed by atoms with Gasteiger partial charge in [0, 0.05) is 9.26 Å². The zero-order valence-electron chi connectivity index (χ0n) is 7.05. The van der Waals surface area contributed by atoms with Crippen LogP contribution in [0.25, 0.3) is 0 Å². The van der Waals surface area contributed by atoms with Crippen LogP contribution in [0, 0.1) is 3.57 Å². The SMILES string of the molecule is O=S(=O)(Nc1ccc(I)cc1)C(F)(F)F. The molecule has 0 radical (unpaired) electrons. The van der Waals surface area contributed by atoms with Crippen LogP contribution in [0.4, 0.5) is 18.9 Å². The Balaban J connectivity index is 2.93. The van der Waals surface area contributed by atoms with E-state index < -0.39 is 15.5 Å². The van der Waals surface area contributed by atoms with E-state index in [1.54, 1.807) is 0 Å². The summed E-state index contributed by atoms with van der Waals surface area (Å²) in [5, 5.41) is 0. The van der Waals surface area contributed by atoms with Gasteiger partial charge in [0.15, 0.2) is 0 Å². The lowest BCUT2D eigenvalue weighted by Gasteiger charge is -2.10. The maximum Gasteiger partial charge on any atom is 0.516 e. The largest absolute Gasteiger partial charge is 0.516 e. The molecule has 0 aliphatic rings. The topological polar surface area (TPSA) is 46.2 Å². The summed E-state index contributed by atoms with van der Waals surface area (Å²) >= 11 is 1.95. The minimum absolute atomic E-state index is 0.118. The van der Waals surface area contributed by atoms with Crippen LogP contribution in [0.2, 0.25) is 0 Å². The number of hydrogen-bond donors (Lipinski definition) is 1. The van der Waals surface area contributed by atoms with Crippen LogP contribution in [0.3, 0.4) is 0 Å². The van der Waals surface area contributed by atoms with Gasteiger partial charge in [0.1, 0.15) is 0 Å². The third kappa shape index (κ3) is 3.23. The molecule has 0 saturated heterocycles. The first-order valence-electron chi connectivity index (χ1n) is 3.57. The molecule has 0 bridgehead atoms. The van der Waals surface area contributed by atoms with Crippen LogP contribution in [-0.2, 0) is 10.0 Å². The lowest BCUT2D eigenvalue weighted by Crippen LogP contribution is -2.29. The predicted molar refractivity (Wildman–Crippen MR) is 57.8 cm³/mol. The fourth-order valence-electron chi connectivity index (χ4n) is 0.731. The molecule has 0 spiro atoms. The Kier molecular flexibility index (Phi) is 3.48. The smallest absolute Gasteiger partial charge is 0.276 e. The molecular formula is C7H5F3INO2S. The van der Waals surface area contributed by atoms with Crippen molar-refractivity contribution in [3.05, 3.63) is 27.8 Å². The number of nitrogens with one attached hydrogen (secondary N) is 1. The normalized spacial score (nSPS) is 12.5. The summed E-state index contributed by atoms with van der Waals surface area (Å²) in [4.78, 5) is 0. The lowest BCUT2D eigenvalue weighted by atomic mass is 10.3. The lowest BCUT2D eigenvalue weighted by molar-refractivity contribution is -0.0429. The number of rotatable bonds is 2. The molecule has 0 unspecified atom stereocenters. The second-order valence-corrected chi connectivity index (χ2v) is 5.48. The Morgan fingerprint density at radius 3 is 2.00 bits per heavy atom. The number of halogens is 4. The van der Waals surface area contributed by atoms with Crippen LogP contribution in [0.1, 0.15) is 0 Å². The Morgan fingerprint density at radius 2 is 1.60 bits per heavy atom. The number of alkyl halides is 3. The Labute approximate surface area is 97.9 Å². The van der Waals surface area contributed by atoms with Gasteiger partial charge in [0.05, 0.1) is 0 Å². The van der Waals surface area contributed by atoms with Gasteiger partial charge in [0.25, 0.3) is 0 Å². The molecular weight excluding hydrogens is 346 g/mol. The van der Waals surface area contributed by atoms with Crippen molar-refractivity contribution >= 4 is 38.3 Å². The van der Waals surface area contributed by atoms with Crippen LogP contribution in [-0.4, -0.2) is 13.9 Å². The fraction of sp³-hybridized carbons (Fsp3) is 0.143. The molecule has 0 aliphatic carbocycles. The molecule has 1 aromatic carbocycles. The van der Waals surface area contributed by atoms with E-state index >= 15 is 0 Å². The van der Waals surface area contributed by atoms with Crippen molar-refractivity contribution in [2.75, 3.05) is 4.72 Å². The van der Waals surface area contributed by atoms with Crippen molar-refractivity contribution in [1.82, 2.24) is 0 Å². The van der Waals surface area contributed by atoms with E-state index in [0.29, 0.717) is 0 Å². The highest BCUT2D eigenvalue weighted by atomic mass is 127. The van der Waals surface area contributed by atoms with E-state index in [0.717, 1.165) is 3.57 Å². The van der Waals surface area contributed by atoms with E-state index in [-0.39, 0.29) is 5.69 Å². The molecule has 0 amide bonds. The quantitative estimate of drug-likeness (QED) is 0.833. The average molecular weight is 351 g/mol. The third-order valence-corrected chi connectivity index (χ3v) is 3.23. The first-order chi connectivity index (χ1) is 6.72. The van der Waals surface area contributed by atoms with Crippen LogP contribution in [0.5, 0.6) is 0 Å². The van der Waals surface area contributed by atoms with E-state index in [2.05, 4.69) is 0 Å². The van der Waals surface area contributed by atoms with Crippen LogP contribution in [0.15, 0.2) is 24.3 Å². The summed E-state index contributed by atoms with van der Waals surface area (Å²) in [5.74, 6) is 0. The maximum absolute atomic E-state index is 11.9. The summed E-state index contributed by atoms with van der Waals surface area (Å²) < 4.78 is 59.4. The molecule has 8 heteroatoms. The van der Waals surface area contributed by atoms with E-state index in [4.69, 9.17) is 0 Å². The number of hydrogen-bond acceptors (Lipinski definition) is 2. The van der Waals surface area contributed by atoms with E-state index in [1.165, 1.54) is 29.0 Å². The highest BCUT2D eigenvalue weighted by Crippen LogP contribution is 2.25. The monoisotopic (exact) mass is 351 g/mol. The van der Waals surface area contributed by atoms with Gasteiger partial charge in [-0.2, -0.15) is 21.6 Å². The molecule has 3 nitrogen and oxygen atoms in total. The molecule has 0 fully saturated rings. The average Bonchev–Trinajstić information content (AvgIpc) is 2.06. The van der Waals surface area contributed by atoms with Crippen molar-refractivity contribution in [2.24, 2.45) is 0 Å². The molecule has 1 aromatic rings. The summed E-state index contributed by atoms with van der Waals surface area (Å²) in [6.45, 7) is 0. The summed E-state index contributed by atoms with van der Waals surface area (Å²) in [7, 11) is -5.32. The second kappa shape index (κ2) is 4.16. The number of anilines is 1. The van der Waals surface area contributed by atoms with Gasteiger partial charge in [-0.05, 0) is 46.9 Å². The molecule has 0 saturated carbocycles. The van der Waals surface area contributed by atoms with Gasteiger partial charge in [-0.15, -0.1) is 0 Å². The van der Waals surface area contributed by atoms with Gasteiger partial charge in [-0.25, -0.2) is 0 Å². The molecule has 0 atom stereocenters. The van der Waals surface area contributed by atoms with Crippen LogP contribution < -0.4 is 4.72 Å². The summed E-state index contributed by atoms with van der Waals surface area (Å²) in [5.41, 5.74) is -5.41. The highest BCUT2D eigenvalue weighted by molar-refractivity contribution is 14.1. The maximum atomic E-state index is 11.9. The predicted octanol–water partition coefficient (Wildman–Crippen LogP) is 2.55. The van der Waals surface area contributed by atoms with Crippen molar-refractivity contribution < 1.29 is 21.6 Å². The van der Waals surface area contributed by atoms with Crippen molar-refractivity contribution in [1.29, 1.82) is 0 Å². The Morgan fingerprint density at radius 1 is 1.13 bits per heavy atom. The van der Waals surface area contributed by atoms with Gasteiger partial charge in [-0.1, -0.05) is 0 Å². The zero-order chi connectivity index (χ0) is 11.7. The van der Waals surface area contributed by atoms with Crippen molar-refractivity contribution in [2.45, 2.75) is 5.51 Å².